The summed E-state index contributed by atoms with van der Waals surface area (Å²) in [5, 5.41) is 3.31. The number of rotatable bonds is 8. The summed E-state index contributed by atoms with van der Waals surface area (Å²) in [6, 6.07) is 1.83. The molecule has 5 heteroatoms. The molecule has 0 bridgehead atoms. The van der Waals surface area contributed by atoms with Gasteiger partial charge in [-0.25, -0.2) is 15.8 Å². The van der Waals surface area contributed by atoms with Crippen molar-refractivity contribution >= 4 is 11.6 Å². The summed E-state index contributed by atoms with van der Waals surface area (Å²) in [6.45, 7) is 5.19. The van der Waals surface area contributed by atoms with Crippen LogP contribution in [0.1, 0.15) is 45.4 Å². The van der Waals surface area contributed by atoms with E-state index < -0.39 is 0 Å². The van der Waals surface area contributed by atoms with Crippen LogP contribution in [0.5, 0.6) is 0 Å². The predicted octanol–water partition coefficient (Wildman–Crippen LogP) is 2.32. The molecule has 17 heavy (non-hydrogen) atoms. The van der Waals surface area contributed by atoms with Crippen LogP contribution in [0.3, 0.4) is 0 Å². The van der Waals surface area contributed by atoms with E-state index in [-0.39, 0.29) is 0 Å². The second kappa shape index (κ2) is 7.84. The molecule has 5 nitrogen and oxygen atoms in total. The summed E-state index contributed by atoms with van der Waals surface area (Å²) in [4.78, 5) is 8.64. The number of unbranched alkanes of at least 4 members (excludes halogenated alkanes) is 3. The fourth-order valence-electron chi connectivity index (χ4n) is 1.59. The highest BCUT2D eigenvalue weighted by molar-refractivity contribution is 5.46. The van der Waals surface area contributed by atoms with Crippen LogP contribution >= 0.6 is 0 Å². The Bertz CT molecular complexity index is 304. The molecule has 0 aliphatic carbocycles. The van der Waals surface area contributed by atoms with Gasteiger partial charge in [0.2, 0.25) is 0 Å². The SMILES string of the molecule is CCCCCCNc1cc(NN)nc(CC)n1. The molecule has 96 valence electrons. The minimum Gasteiger partial charge on any atom is -0.370 e. The van der Waals surface area contributed by atoms with Crippen molar-refractivity contribution < 1.29 is 0 Å². The third kappa shape index (κ3) is 4.99. The van der Waals surface area contributed by atoms with Crippen molar-refractivity contribution in [2.24, 2.45) is 5.84 Å². The Kier molecular flexibility index (Phi) is 6.32. The van der Waals surface area contributed by atoms with Gasteiger partial charge in [0, 0.05) is 19.0 Å². The molecule has 0 spiro atoms. The van der Waals surface area contributed by atoms with Gasteiger partial charge in [-0.1, -0.05) is 33.1 Å². The lowest BCUT2D eigenvalue weighted by atomic mass is 10.2. The van der Waals surface area contributed by atoms with Crippen molar-refractivity contribution in [2.75, 3.05) is 17.3 Å². The van der Waals surface area contributed by atoms with Gasteiger partial charge >= 0.3 is 0 Å². The third-order valence-corrected chi connectivity index (χ3v) is 2.57. The van der Waals surface area contributed by atoms with E-state index >= 15 is 0 Å². The molecule has 0 amide bonds. The number of nitrogens with one attached hydrogen (secondary N) is 2. The highest BCUT2D eigenvalue weighted by Crippen LogP contribution is 2.11. The maximum atomic E-state index is 5.37. The number of anilines is 2. The molecular weight excluding hydrogens is 214 g/mol. The van der Waals surface area contributed by atoms with E-state index in [0.717, 1.165) is 24.6 Å². The van der Waals surface area contributed by atoms with E-state index in [1.165, 1.54) is 25.7 Å². The minimum atomic E-state index is 0.660. The molecule has 1 aromatic rings. The zero-order valence-corrected chi connectivity index (χ0v) is 10.8. The van der Waals surface area contributed by atoms with Crippen molar-refractivity contribution in [2.45, 2.75) is 46.0 Å². The zero-order valence-electron chi connectivity index (χ0n) is 10.8. The second-order valence-corrected chi connectivity index (χ2v) is 4.04. The lowest BCUT2D eigenvalue weighted by Gasteiger charge is -2.08. The van der Waals surface area contributed by atoms with E-state index in [4.69, 9.17) is 5.84 Å². The number of nitrogens with two attached hydrogens (primary N) is 1. The average molecular weight is 237 g/mol. The first kappa shape index (κ1) is 13.7. The average Bonchev–Trinajstić information content (AvgIpc) is 2.38. The summed E-state index contributed by atoms with van der Waals surface area (Å²) in [6.07, 6.45) is 5.79. The maximum Gasteiger partial charge on any atom is 0.145 e. The minimum absolute atomic E-state index is 0.660. The lowest BCUT2D eigenvalue weighted by Crippen LogP contribution is -2.12. The Morgan fingerprint density at radius 3 is 2.53 bits per heavy atom. The van der Waals surface area contributed by atoms with Crippen LogP contribution in [0.25, 0.3) is 0 Å². The van der Waals surface area contributed by atoms with Crippen LogP contribution in [-0.2, 0) is 6.42 Å². The number of aromatic nitrogens is 2. The van der Waals surface area contributed by atoms with Crippen molar-refractivity contribution in [1.29, 1.82) is 0 Å². The fourth-order valence-corrected chi connectivity index (χ4v) is 1.59. The molecule has 0 aliphatic heterocycles. The van der Waals surface area contributed by atoms with Gasteiger partial charge in [-0.2, -0.15) is 0 Å². The van der Waals surface area contributed by atoms with Crippen molar-refractivity contribution in [3.05, 3.63) is 11.9 Å². The van der Waals surface area contributed by atoms with Crippen LogP contribution in [0.4, 0.5) is 11.6 Å². The molecule has 0 fully saturated rings. The topological polar surface area (TPSA) is 75.9 Å². The first-order valence-electron chi connectivity index (χ1n) is 6.38. The van der Waals surface area contributed by atoms with E-state index in [1.807, 2.05) is 13.0 Å². The van der Waals surface area contributed by atoms with Crippen LogP contribution in [0.15, 0.2) is 6.07 Å². The van der Waals surface area contributed by atoms with E-state index in [2.05, 4.69) is 27.6 Å². The van der Waals surface area contributed by atoms with Crippen LogP contribution in [0.2, 0.25) is 0 Å². The summed E-state index contributed by atoms with van der Waals surface area (Å²) < 4.78 is 0. The van der Waals surface area contributed by atoms with Crippen molar-refractivity contribution in [1.82, 2.24) is 9.97 Å². The molecule has 1 rings (SSSR count). The fraction of sp³-hybridized carbons (Fsp3) is 0.667. The van der Waals surface area contributed by atoms with Crippen molar-refractivity contribution in [3.63, 3.8) is 0 Å². The molecule has 1 aromatic heterocycles. The smallest absolute Gasteiger partial charge is 0.145 e. The number of nitrogens with zero attached hydrogens (tertiary/aromatic N) is 2. The Morgan fingerprint density at radius 1 is 1.12 bits per heavy atom. The first-order chi connectivity index (χ1) is 8.30. The van der Waals surface area contributed by atoms with Gasteiger partial charge in [0.05, 0.1) is 0 Å². The Hall–Kier alpha value is -1.36. The molecule has 4 N–H and O–H groups in total. The van der Waals surface area contributed by atoms with E-state index in [1.54, 1.807) is 0 Å². The van der Waals surface area contributed by atoms with Crippen molar-refractivity contribution in [3.8, 4) is 0 Å². The summed E-state index contributed by atoms with van der Waals surface area (Å²) >= 11 is 0. The first-order valence-corrected chi connectivity index (χ1v) is 6.38. The van der Waals surface area contributed by atoms with Crippen LogP contribution in [-0.4, -0.2) is 16.5 Å². The van der Waals surface area contributed by atoms with Gasteiger partial charge < -0.3 is 10.7 Å². The summed E-state index contributed by atoms with van der Waals surface area (Å²) in [5.41, 5.74) is 2.56. The van der Waals surface area contributed by atoms with Gasteiger partial charge in [0.15, 0.2) is 0 Å². The Labute approximate surface area is 103 Å². The van der Waals surface area contributed by atoms with Gasteiger partial charge in [-0.05, 0) is 6.42 Å². The number of nitrogen functional groups attached to an aromatic ring is 1. The van der Waals surface area contributed by atoms with Gasteiger partial charge in [0.25, 0.3) is 0 Å². The third-order valence-electron chi connectivity index (χ3n) is 2.57. The second-order valence-electron chi connectivity index (χ2n) is 4.04. The van der Waals surface area contributed by atoms with Crippen LogP contribution in [0, 0.1) is 0 Å². The predicted molar refractivity (Wildman–Crippen MR) is 71.9 cm³/mol. The zero-order chi connectivity index (χ0) is 12.5. The number of hydrogen-bond donors (Lipinski definition) is 3. The largest absolute Gasteiger partial charge is 0.370 e. The quantitative estimate of drug-likeness (QED) is 0.367. The molecule has 0 atom stereocenters. The van der Waals surface area contributed by atoms with Gasteiger partial charge in [0.1, 0.15) is 17.5 Å². The van der Waals surface area contributed by atoms with E-state index in [0.29, 0.717) is 5.82 Å². The Balaban J connectivity index is 2.46. The van der Waals surface area contributed by atoms with Crippen LogP contribution < -0.4 is 16.6 Å². The number of hydrogen-bond acceptors (Lipinski definition) is 5. The molecule has 0 saturated heterocycles. The monoisotopic (exact) mass is 237 g/mol. The summed E-state index contributed by atoms with van der Waals surface area (Å²) in [5.74, 6) is 7.68. The molecular formula is C12H23N5. The highest BCUT2D eigenvalue weighted by Gasteiger charge is 2.01. The molecule has 0 aliphatic rings. The normalized spacial score (nSPS) is 10.3. The number of aryl methyl sites for hydroxylation is 1. The van der Waals surface area contributed by atoms with Gasteiger partial charge in [-0.3, -0.25) is 0 Å². The molecule has 0 aromatic carbocycles. The molecule has 0 unspecified atom stereocenters. The molecule has 0 saturated carbocycles. The standard InChI is InChI=1S/C12H23N5/c1-3-5-6-7-8-14-11-9-12(17-13)16-10(4-2)15-11/h9H,3-8,13H2,1-2H3,(H2,14,15,16,17). The summed E-state index contributed by atoms with van der Waals surface area (Å²) in [7, 11) is 0. The highest BCUT2D eigenvalue weighted by atomic mass is 15.3. The molecule has 1 heterocycles. The Morgan fingerprint density at radius 2 is 1.88 bits per heavy atom. The number of hydrazine groups is 1. The van der Waals surface area contributed by atoms with E-state index in [9.17, 15) is 0 Å². The maximum absolute atomic E-state index is 5.37. The molecule has 0 radical (unpaired) electrons. The van der Waals surface area contributed by atoms with Gasteiger partial charge in [-0.15, -0.1) is 0 Å². The lowest BCUT2D eigenvalue weighted by molar-refractivity contribution is 0.684.